The van der Waals surface area contributed by atoms with Gasteiger partial charge in [-0.05, 0) is 38.0 Å². The molecule has 3 rings (SSSR count). The van der Waals surface area contributed by atoms with E-state index >= 15 is 0 Å². The Balaban J connectivity index is 1.57. The van der Waals surface area contributed by atoms with Crippen molar-refractivity contribution >= 4 is 15.9 Å². The van der Waals surface area contributed by atoms with Crippen molar-refractivity contribution in [3.8, 4) is 5.75 Å². The molecule has 27 heavy (non-hydrogen) atoms. The number of aryl methyl sites for hydroxylation is 1. The summed E-state index contributed by atoms with van der Waals surface area (Å²) in [7, 11) is -1.86. The summed E-state index contributed by atoms with van der Waals surface area (Å²) in [6.07, 6.45) is 3.13. The van der Waals surface area contributed by atoms with Gasteiger partial charge >= 0.3 is 0 Å². The lowest BCUT2D eigenvalue weighted by Crippen LogP contribution is -2.31. The van der Waals surface area contributed by atoms with Gasteiger partial charge in [-0.3, -0.25) is 4.79 Å². The monoisotopic (exact) mass is 391 g/mol. The molecule has 1 aromatic carbocycles. The van der Waals surface area contributed by atoms with Crippen LogP contribution in [0.2, 0.25) is 0 Å². The fourth-order valence-electron chi connectivity index (χ4n) is 2.97. The molecule has 1 saturated heterocycles. The largest absolute Gasteiger partial charge is 0.492 e. The van der Waals surface area contributed by atoms with Crippen LogP contribution < -0.4 is 4.74 Å². The molecule has 8 heteroatoms. The van der Waals surface area contributed by atoms with Crippen LogP contribution in [-0.2, 0) is 10.0 Å². The third kappa shape index (κ3) is 4.51. The predicted molar refractivity (Wildman–Crippen MR) is 102 cm³/mol. The Labute approximate surface area is 160 Å². The number of rotatable bonds is 7. The number of benzene rings is 1. The van der Waals surface area contributed by atoms with E-state index in [1.807, 2.05) is 31.2 Å². The lowest BCUT2D eigenvalue weighted by atomic mass is 10.2. The Hall–Kier alpha value is -2.32. The summed E-state index contributed by atoms with van der Waals surface area (Å²) in [5.41, 5.74) is 1.41. The van der Waals surface area contributed by atoms with E-state index in [4.69, 9.17) is 4.74 Å². The fraction of sp³-hybridized carbons (Fsp3) is 0.421. The van der Waals surface area contributed by atoms with E-state index in [2.05, 4.69) is 4.98 Å². The van der Waals surface area contributed by atoms with Crippen molar-refractivity contribution in [2.75, 3.05) is 33.3 Å². The van der Waals surface area contributed by atoms with Gasteiger partial charge in [-0.1, -0.05) is 17.7 Å². The maximum atomic E-state index is 12.6. The molecule has 0 bridgehead atoms. The van der Waals surface area contributed by atoms with E-state index in [0.717, 1.165) is 24.2 Å². The molecule has 7 nitrogen and oxygen atoms in total. The van der Waals surface area contributed by atoms with Gasteiger partial charge in [0.15, 0.2) is 0 Å². The molecule has 2 heterocycles. The van der Waals surface area contributed by atoms with Crippen molar-refractivity contribution in [1.29, 1.82) is 0 Å². The number of hydrogen-bond donors (Lipinski definition) is 1. The summed E-state index contributed by atoms with van der Waals surface area (Å²) in [5.74, 6) is 0.477. The highest BCUT2D eigenvalue weighted by Gasteiger charge is 2.29. The van der Waals surface area contributed by atoms with Crippen molar-refractivity contribution in [3.63, 3.8) is 0 Å². The Kier molecular flexibility index (Phi) is 5.86. The number of nitrogens with one attached hydrogen (secondary N) is 1. The number of H-pyrrole nitrogens is 1. The van der Waals surface area contributed by atoms with Gasteiger partial charge in [-0.15, -0.1) is 0 Å². The molecular weight excluding hydrogens is 366 g/mol. The number of carbonyl (C=O) groups is 1. The van der Waals surface area contributed by atoms with Crippen LogP contribution in [0, 0.1) is 6.92 Å². The minimum absolute atomic E-state index is 0.136. The van der Waals surface area contributed by atoms with Crippen LogP contribution >= 0.6 is 0 Å². The zero-order valence-electron chi connectivity index (χ0n) is 15.6. The summed E-state index contributed by atoms with van der Waals surface area (Å²) >= 11 is 0. The standard InChI is InChI=1S/C19H25N3O4S/c1-15-5-7-16(8-6-15)26-12-11-21(2)19(23)18-13-17(14-20-18)27(24,25)22-9-3-4-10-22/h5-8,13-14,20H,3-4,9-12H2,1-2H3. The minimum Gasteiger partial charge on any atom is -0.492 e. The van der Waals surface area contributed by atoms with E-state index in [9.17, 15) is 13.2 Å². The number of sulfonamides is 1. The van der Waals surface area contributed by atoms with Gasteiger partial charge in [0, 0.05) is 26.3 Å². The third-order valence-corrected chi connectivity index (χ3v) is 6.53. The zero-order valence-corrected chi connectivity index (χ0v) is 16.5. The number of aromatic amines is 1. The van der Waals surface area contributed by atoms with Gasteiger partial charge in [-0.25, -0.2) is 8.42 Å². The average Bonchev–Trinajstić information content (AvgIpc) is 3.35. The molecule has 0 aliphatic carbocycles. The second kappa shape index (κ2) is 8.14. The van der Waals surface area contributed by atoms with Gasteiger partial charge in [-0.2, -0.15) is 4.31 Å². The first-order valence-corrected chi connectivity index (χ1v) is 10.5. The summed E-state index contributed by atoms with van der Waals surface area (Å²) in [5, 5.41) is 0. The zero-order chi connectivity index (χ0) is 19.4. The fourth-order valence-corrected chi connectivity index (χ4v) is 4.48. The normalized spacial score (nSPS) is 15.0. The molecule has 1 aliphatic rings. The number of likely N-dealkylation sites (N-methyl/N-ethyl adjacent to an activating group) is 1. The number of carbonyl (C=O) groups excluding carboxylic acids is 1. The van der Waals surface area contributed by atoms with Crippen LogP contribution in [0.1, 0.15) is 28.9 Å². The molecule has 1 N–H and O–H groups in total. The summed E-state index contributed by atoms with van der Waals surface area (Å²) in [6.45, 7) is 3.82. The van der Waals surface area contributed by atoms with Crippen molar-refractivity contribution in [2.24, 2.45) is 0 Å². The molecule has 0 atom stereocenters. The van der Waals surface area contributed by atoms with E-state index in [1.54, 1.807) is 7.05 Å². The molecule has 2 aromatic rings. The number of ether oxygens (including phenoxy) is 1. The first kappa shape index (κ1) is 19.4. The maximum Gasteiger partial charge on any atom is 0.270 e. The van der Waals surface area contributed by atoms with Crippen molar-refractivity contribution in [3.05, 3.63) is 47.8 Å². The van der Waals surface area contributed by atoms with Gasteiger partial charge in [0.05, 0.1) is 6.54 Å². The van der Waals surface area contributed by atoms with Gasteiger partial charge in [0.1, 0.15) is 22.9 Å². The minimum atomic E-state index is -3.53. The predicted octanol–water partition coefficient (Wildman–Crippen LogP) is 2.26. The molecule has 1 amide bonds. The van der Waals surface area contributed by atoms with Gasteiger partial charge in [0.2, 0.25) is 10.0 Å². The number of hydrogen-bond acceptors (Lipinski definition) is 4. The highest BCUT2D eigenvalue weighted by molar-refractivity contribution is 7.89. The first-order valence-electron chi connectivity index (χ1n) is 9.01. The van der Waals surface area contributed by atoms with Crippen molar-refractivity contribution in [1.82, 2.24) is 14.2 Å². The van der Waals surface area contributed by atoms with Gasteiger partial charge < -0.3 is 14.6 Å². The topological polar surface area (TPSA) is 82.7 Å². The molecule has 0 radical (unpaired) electrons. The summed E-state index contributed by atoms with van der Waals surface area (Å²) < 4.78 is 32.2. The average molecular weight is 391 g/mol. The summed E-state index contributed by atoms with van der Waals surface area (Å²) in [4.78, 5) is 17.0. The molecule has 1 fully saturated rings. The third-order valence-electron chi connectivity index (χ3n) is 4.65. The van der Waals surface area contributed by atoms with E-state index < -0.39 is 10.0 Å². The van der Waals surface area contributed by atoms with E-state index in [0.29, 0.717) is 26.2 Å². The second-order valence-electron chi connectivity index (χ2n) is 6.75. The highest BCUT2D eigenvalue weighted by atomic mass is 32.2. The molecular formula is C19H25N3O4S. The Morgan fingerprint density at radius 2 is 1.89 bits per heavy atom. The molecule has 0 spiro atoms. The van der Waals surface area contributed by atoms with E-state index in [1.165, 1.54) is 21.5 Å². The molecule has 0 unspecified atom stereocenters. The first-order chi connectivity index (χ1) is 12.9. The molecule has 0 saturated carbocycles. The smallest absolute Gasteiger partial charge is 0.270 e. The SMILES string of the molecule is Cc1ccc(OCCN(C)C(=O)c2cc(S(=O)(=O)N3CCCC3)c[nH]2)cc1. The Morgan fingerprint density at radius 1 is 1.22 bits per heavy atom. The quantitative estimate of drug-likeness (QED) is 0.785. The van der Waals surface area contributed by atoms with Crippen LogP contribution in [0.3, 0.4) is 0 Å². The summed E-state index contributed by atoms with van der Waals surface area (Å²) in [6, 6.07) is 9.11. The lowest BCUT2D eigenvalue weighted by molar-refractivity contribution is 0.0768. The van der Waals surface area contributed by atoms with Crippen LogP contribution in [0.5, 0.6) is 5.75 Å². The van der Waals surface area contributed by atoms with Crippen LogP contribution in [-0.4, -0.2) is 61.8 Å². The second-order valence-corrected chi connectivity index (χ2v) is 8.69. The number of aromatic nitrogens is 1. The molecule has 1 aliphatic heterocycles. The Bertz CT molecular complexity index is 884. The van der Waals surface area contributed by atoms with Crippen molar-refractivity contribution < 1.29 is 17.9 Å². The molecule has 1 aromatic heterocycles. The lowest BCUT2D eigenvalue weighted by Gasteiger charge is -2.17. The van der Waals surface area contributed by atoms with Crippen LogP contribution in [0.4, 0.5) is 0 Å². The highest BCUT2D eigenvalue weighted by Crippen LogP contribution is 2.21. The maximum absolute atomic E-state index is 12.6. The van der Waals surface area contributed by atoms with Gasteiger partial charge in [0.25, 0.3) is 5.91 Å². The van der Waals surface area contributed by atoms with Crippen LogP contribution in [0.25, 0.3) is 0 Å². The molecule has 146 valence electrons. The number of nitrogens with zero attached hydrogens (tertiary/aromatic N) is 2. The van der Waals surface area contributed by atoms with Crippen LogP contribution in [0.15, 0.2) is 41.4 Å². The van der Waals surface area contributed by atoms with Crippen molar-refractivity contribution in [2.45, 2.75) is 24.7 Å². The number of amides is 1. The van der Waals surface area contributed by atoms with E-state index in [-0.39, 0.29) is 16.5 Å². The Morgan fingerprint density at radius 3 is 2.56 bits per heavy atom.